The van der Waals surface area contributed by atoms with Gasteiger partial charge in [-0.2, -0.15) is 5.10 Å². The van der Waals surface area contributed by atoms with Gasteiger partial charge in [0.25, 0.3) is 5.91 Å². The standard InChI is InChI=1S/C21H23N5O3/c1-29-16-8-6-15(7-9-16)22-20(25-28)19-17-13-14(5-10-18(17)23-24-19)21(27)26-11-3-2-4-12-26/h5-10,13,28H,2-4,11-12H2,1H3,(H,22,25)(H,23,24). The molecular formula is C21H23N5O3. The third-order valence-corrected chi connectivity index (χ3v) is 5.10. The number of aliphatic imine (C=N–C) groups is 1. The number of carbonyl (C=O) groups is 1. The minimum atomic E-state index is 0.0179. The van der Waals surface area contributed by atoms with Gasteiger partial charge in [-0.1, -0.05) is 0 Å². The van der Waals surface area contributed by atoms with Gasteiger partial charge >= 0.3 is 0 Å². The van der Waals surface area contributed by atoms with E-state index in [1.54, 1.807) is 43.5 Å². The van der Waals surface area contributed by atoms with E-state index in [1.165, 1.54) is 6.42 Å². The molecule has 0 radical (unpaired) electrons. The lowest BCUT2D eigenvalue weighted by Gasteiger charge is -2.26. The van der Waals surface area contributed by atoms with E-state index >= 15 is 0 Å². The van der Waals surface area contributed by atoms with Crippen molar-refractivity contribution in [2.75, 3.05) is 20.2 Å². The number of amides is 1. The minimum Gasteiger partial charge on any atom is -0.497 e. The number of nitrogens with zero attached hydrogens (tertiary/aromatic N) is 3. The number of methoxy groups -OCH3 is 1. The van der Waals surface area contributed by atoms with E-state index in [0.717, 1.165) is 31.4 Å². The van der Waals surface area contributed by atoms with Crippen LogP contribution in [-0.2, 0) is 0 Å². The number of rotatable bonds is 4. The summed E-state index contributed by atoms with van der Waals surface area (Å²) in [6.45, 7) is 1.58. The topological polar surface area (TPSA) is 103 Å². The molecule has 8 nitrogen and oxygen atoms in total. The fourth-order valence-corrected chi connectivity index (χ4v) is 3.52. The Balaban J connectivity index is 1.68. The van der Waals surface area contributed by atoms with Gasteiger partial charge in [-0.25, -0.2) is 4.99 Å². The number of ether oxygens (including phenoxy) is 1. The first-order valence-corrected chi connectivity index (χ1v) is 9.60. The van der Waals surface area contributed by atoms with E-state index in [4.69, 9.17) is 4.74 Å². The van der Waals surface area contributed by atoms with Gasteiger partial charge in [0.2, 0.25) is 0 Å². The third-order valence-electron chi connectivity index (χ3n) is 5.10. The van der Waals surface area contributed by atoms with Crippen LogP contribution in [0.25, 0.3) is 10.9 Å². The molecule has 0 unspecified atom stereocenters. The molecule has 1 fully saturated rings. The summed E-state index contributed by atoms with van der Waals surface area (Å²) in [6.07, 6.45) is 3.25. The molecule has 3 N–H and O–H groups in total. The average Bonchev–Trinajstić information content (AvgIpc) is 3.21. The van der Waals surface area contributed by atoms with Crippen molar-refractivity contribution in [2.24, 2.45) is 4.99 Å². The summed E-state index contributed by atoms with van der Waals surface area (Å²) in [7, 11) is 1.59. The Morgan fingerprint density at radius 2 is 1.93 bits per heavy atom. The zero-order chi connectivity index (χ0) is 20.2. The molecule has 1 amide bonds. The van der Waals surface area contributed by atoms with E-state index in [-0.39, 0.29) is 11.7 Å². The lowest BCUT2D eigenvalue weighted by Crippen LogP contribution is -2.35. The molecule has 0 saturated carbocycles. The van der Waals surface area contributed by atoms with Gasteiger partial charge in [-0.3, -0.25) is 20.6 Å². The Bertz CT molecular complexity index is 1040. The van der Waals surface area contributed by atoms with E-state index in [2.05, 4.69) is 20.7 Å². The monoisotopic (exact) mass is 393 g/mol. The van der Waals surface area contributed by atoms with E-state index in [0.29, 0.717) is 28.1 Å². The van der Waals surface area contributed by atoms with Crippen LogP contribution in [0, 0.1) is 0 Å². The maximum atomic E-state index is 12.9. The largest absolute Gasteiger partial charge is 0.497 e. The molecule has 0 bridgehead atoms. The number of piperidine rings is 1. The zero-order valence-corrected chi connectivity index (χ0v) is 16.2. The number of carbonyl (C=O) groups excluding carboxylic acids is 1. The van der Waals surface area contributed by atoms with Crippen LogP contribution >= 0.6 is 0 Å². The number of likely N-dealkylation sites (tertiary alicyclic amines) is 1. The van der Waals surface area contributed by atoms with Crippen LogP contribution in [0.2, 0.25) is 0 Å². The summed E-state index contributed by atoms with van der Waals surface area (Å²) in [5.41, 5.74) is 4.55. The maximum Gasteiger partial charge on any atom is 0.253 e. The molecule has 2 aromatic carbocycles. The maximum absolute atomic E-state index is 12.9. The number of nitrogens with one attached hydrogen (secondary N) is 2. The summed E-state index contributed by atoms with van der Waals surface area (Å²) in [5, 5.41) is 17.6. The second-order valence-corrected chi connectivity index (χ2v) is 6.96. The fraction of sp³-hybridized carbons (Fsp3) is 0.286. The molecule has 0 spiro atoms. The van der Waals surface area contributed by atoms with E-state index in [9.17, 15) is 10.0 Å². The van der Waals surface area contributed by atoms with Crippen molar-refractivity contribution in [3.05, 3.63) is 53.7 Å². The average molecular weight is 393 g/mol. The molecule has 1 aliphatic rings. The lowest BCUT2D eigenvalue weighted by molar-refractivity contribution is 0.0724. The molecule has 150 valence electrons. The van der Waals surface area contributed by atoms with Crippen molar-refractivity contribution in [1.29, 1.82) is 0 Å². The summed E-state index contributed by atoms with van der Waals surface area (Å²) in [5.74, 6) is 0.918. The van der Waals surface area contributed by atoms with Gasteiger partial charge < -0.3 is 9.64 Å². The van der Waals surface area contributed by atoms with Crippen LogP contribution in [0.1, 0.15) is 35.3 Å². The molecule has 1 aromatic heterocycles. The molecule has 0 aliphatic carbocycles. The number of hydroxylamine groups is 1. The second kappa shape index (κ2) is 8.32. The molecule has 1 aliphatic heterocycles. The number of amidine groups is 1. The predicted octanol–water partition coefficient (Wildman–Crippen LogP) is 3.25. The van der Waals surface area contributed by atoms with Gasteiger partial charge in [-0.15, -0.1) is 0 Å². The minimum absolute atomic E-state index is 0.0179. The first-order chi connectivity index (χ1) is 14.2. The van der Waals surface area contributed by atoms with Gasteiger partial charge in [0, 0.05) is 24.0 Å². The third kappa shape index (κ3) is 3.93. The van der Waals surface area contributed by atoms with Gasteiger partial charge in [-0.05, 0) is 61.7 Å². The van der Waals surface area contributed by atoms with E-state index in [1.807, 2.05) is 11.0 Å². The highest BCUT2D eigenvalue weighted by Gasteiger charge is 2.20. The number of aromatic nitrogens is 2. The Morgan fingerprint density at radius 1 is 1.17 bits per heavy atom. The van der Waals surface area contributed by atoms with Crippen LogP contribution in [0.3, 0.4) is 0 Å². The normalized spacial score (nSPS) is 14.8. The SMILES string of the molecule is COc1ccc(N=C(NO)c2n[nH]c3ccc(C(=O)N4CCCCC4)cc23)cc1. The number of benzene rings is 2. The number of H-pyrrole nitrogens is 1. The summed E-state index contributed by atoms with van der Waals surface area (Å²) in [6, 6.07) is 12.5. The lowest BCUT2D eigenvalue weighted by atomic mass is 10.1. The van der Waals surface area contributed by atoms with Crippen molar-refractivity contribution < 1.29 is 14.7 Å². The second-order valence-electron chi connectivity index (χ2n) is 6.96. The van der Waals surface area contributed by atoms with Gasteiger partial charge in [0.15, 0.2) is 5.84 Å². The summed E-state index contributed by atoms with van der Waals surface area (Å²) < 4.78 is 5.15. The predicted molar refractivity (Wildman–Crippen MR) is 110 cm³/mol. The van der Waals surface area contributed by atoms with Gasteiger partial charge in [0.05, 0.1) is 18.3 Å². The Morgan fingerprint density at radius 3 is 2.62 bits per heavy atom. The molecule has 3 aromatic rings. The zero-order valence-electron chi connectivity index (χ0n) is 16.2. The Labute approximate surface area is 168 Å². The highest BCUT2D eigenvalue weighted by atomic mass is 16.5. The molecule has 1 saturated heterocycles. The Hall–Kier alpha value is -3.39. The highest BCUT2D eigenvalue weighted by molar-refractivity contribution is 6.09. The summed E-state index contributed by atoms with van der Waals surface area (Å²) in [4.78, 5) is 19.2. The fourth-order valence-electron chi connectivity index (χ4n) is 3.52. The number of aromatic amines is 1. The first kappa shape index (κ1) is 18.9. The molecule has 8 heteroatoms. The van der Waals surface area contributed by atoms with Crippen LogP contribution in [0.4, 0.5) is 5.69 Å². The highest BCUT2D eigenvalue weighted by Crippen LogP contribution is 2.23. The van der Waals surface area contributed by atoms with Crippen molar-refractivity contribution in [3.8, 4) is 5.75 Å². The van der Waals surface area contributed by atoms with Crippen molar-refractivity contribution in [2.45, 2.75) is 19.3 Å². The molecule has 4 rings (SSSR count). The van der Waals surface area contributed by atoms with Gasteiger partial charge in [0.1, 0.15) is 11.4 Å². The number of hydrogen-bond acceptors (Lipinski definition) is 5. The van der Waals surface area contributed by atoms with Crippen LogP contribution in [-0.4, -0.2) is 52.2 Å². The molecule has 29 heavy (non-hydrogen) atoms. The molecular weight excluding hydrogens is 370 g/mol. The smallest absolute Gasteiger partial charge is 0.253 e. The van der Waals surface area contributed by atoms with E-state index < -0.39 is 0 Å². The van der Waals surface area contributed by atoms with Crippen molar-refractivity contribution in [1.82, 2.24) is 20.6 Å². The van der Waals surface area contributed by atoms with Crippen LogP contribution in [0.5, 0.6) is 5.75 Å². The number of hydrogen-bond donors (Lipinski definition) is 3. The molecule has 0 atom stereocenters. The number of fused-ring (bicyclic) bond motifs is 1. The summed E-state index contributed by atoms with van der Waals surface area (Å²) >= 11 is 0. The Kier molecular flexibility index (Phi) is 5.44. The quantitative estimate of drug-likeness (QED) is 0.359. The van der Waals surface area contributed by atoms with Crippen LogP contribution in [0.15, 0.2) is 47.5 Å². The molecule has 2 heterocycles. The van der Waals surface area contributed by atoms with Crippen LogP contribution < -0.4 is 10.2 Å². The first-order valence-electron chi connectivity index (χ1n) is 9.60. The van der Waals surface area contributed by atoms with Crippen molar-refractivity contribution in [3.63, 3.8) is 0 Å². The van der Waals surface area contributed by atoms with Crippen molar-refractivity contribution >= 4 is 28.3 Å².